The maximum atomic E-state index is 13.3. The lowest BCUT2D eigenvalue weighted by Crippen LogP contribution is -2.04. The van der Waals surface area contributed by atoms with Crippen LogP contribution >= 0.6 is 0 Å². The van der Waals surface area contributed by atoms with E-state index in [4.69, 9.17) is 15.4 Å². The van der Waals surface area contributed by atoms with Crippen molar-refractivity contribution in [3.8, 4) is 0 Å². The van der Waals surface area contributed by atoms with E-state index in [9.17, 15) is 8.60 Å². The first-order valence-electron chi connectivity index (χ1n) is 9.12. The van der Waals surface area contributed by atoms with E-state index in [1.165, 1.54) is 24.3 Å². The minimum Gasteiger partial charge on any atom is -0.402 e. The van der Waals surface area contributed by atoms with Crippen molar-refractivity contribution in [2.75, 3.05) is 6.61 Å². The predicted octanol–water partition coefficient (Wildman–Crippen LogP) is 4.31. The minimum absolute atomic E-state index is 0.204. The van der Waals surface area contributed by atoms with Crippen LogP contribution in [-0.4, -0.2) is 26.2 Å². The first-order valence-corrected chi connectivity index (χ1v) is 10.2. The van der Waals surface area contributed by atoms with E-state index in [-0.39, 0.29) is 12.4 Å². The standard InChI is InChI=1S/C21H25FN2O3S/c22-17-8-6-16(7-9-17)21(15-18(23)5-3-1-2-4-14-25)24-19-10-12-20(13-11-19)28(26)27/h6-13,15,25H,1-5,14,23H2,(H,26,27)/b18-15-,24-21?. The molecule has 0 spiro atoms. The first kappa shape index (κ1) is 21.9. The van der Waals surface area contributed by atoms with E-state index in [1.807, 2.05) is 0 Å². The number of nitrogens with zero attached hydrogens (tertiary/aromatic N) is 1. The zero-order valence-electron chi connectivity index (χ0n) is 15.6. The molecule has 0 aliphatic carbocycles. The van der Waals surface area contributed by atoms with E-state index in [0.717, 1.165) is 31.2 Å². The normalized spacial score (nSPS) is 13.5. The Labute approximate surface area is 167 Å². The van der Waals surface area contributed by atoms with Crippen LogP contribution in [0.25, 0.3) is 0 Å². The number of allylic oxidation sites excluding steroid dienone is 2. The van der Waals surface area contributed by atoms with Crippen LogP contribution < -0.4 is 5.73 Å². The molecule has 0 fully saturated rings. The average Bonchev–Trinajstić information content (AvgIpc) is 2.68. The van der Waals surface area contributed by atoms with Gasteiger partial charge in [0.15, 0.2) is 11.1 Å². The Kier molecular flexibility index (Phi) is 9.00. The molecule has 1 atom stereocenters. The van der Waals surface area contributed by atoms with Gasteiger partial charge in [0, 0.05) is 17.9 Å². The number of rotatable bonds is 10. The zero-order valence-corrected chi connectivity index (χ0v) is 16.4. The second-order valence-corrected chi connectivity index (χ2v) is 7.32. The molecule has 4 N–H and O–H groups in total. The van der Waals surface area contributed by atoms with Gasteiger partial charge in [-0.15, -0.1) is 0 Å². The van der Waals surface area contributed by atoms with E-state index in [0.29, 0.717) is 28.4 Å². The highest BCUT2D eigenvalue weighted by molar-refractivity contribution is 7.79. The average molecular weight is 405 g/mol. The molecule has 0 aliphatic rings. The number of aliphatic imine (C=N–C) groups is 1. The van der Waals surface area contributed by atoms with Gasteiger partial charge in [0.1, 0.15) is 5.82 Å². The Hall–Kier alpha value is -2.35. The summed E-state index contributed by atoms with van der Waals surface area (Å²) in [5.41, 5.74) is 8.73. The molecule has 0 heterocycles. The van der Waals surface area contributed by atoms with Crippen molar-refractivity contribution in [1.82, 2.24) is 0 Å². The molecular formula is C21H25FN2O3S. The Morgan fingerprint density at radius 1 is 1.04 bits per heavy atom. The minimum atomic E-state index is -2.04. The fourth-order valence-electron chi connectivity index (χ4n) is 2.62. The molecule has 28 heavy (non-hydrogen) atoms. The molecule has 0 aromatic heterocycles. The second-order valence-electron chi connectivity index (χ2n) is 6.35. The highest BCUT2D eigenvalue weighted by Crippen LogP contribution is 2.18. The molecular weight excluding hydrogens is 379 g/mol. The molecule has 0 radical (unpaired) electrons. The van der Waals surface area contributed by atoms with Gasteiger partial charge in [0.05, 0.1) is 16.3 Å². The Bertz CT molecular complexity index is 834. The summed E-state index contributed by atoms with van der Waals surface area (Å²) < 4.78 is 33.5. The lowest BCUT2D eigenvalue weighted by molar-refractivity contribution is 0.282. The van der Waals surface area contributed by atoms with Gasteiger partial charge in [-0.1, -0.05) is 12.8 Å². The summed E-state index contributed by atoms with van der Waals surface area (Å²) in [6.07, 6.45) is 6.13. The van der Waals surface area contributed by atoms with E-state index in [2.05, 4.69) is 4.99 Å². The topological polar surface area (TPSA) is 95.9 Å². The lowest BCUT2D eigenvalue weighted by Gasteiger charge is -2.07. The summed E-state index contributed by atoms with van der Waals surface area (Å²) in [7, 11) is 0. The third-order valence-corrected chi connectivity index (χ3v) is 4.80. The molecule has 0 saturated heterocycles. The van der Waals surface area contributed by atoms with E-state index < -0.39 is 11.1 Å². The van der Waals surface area contributed by atoms with Gasteiger partial charge >= 0.3 is 0 Å². The van der Waals surface area contributed by atoms with Gasteiger partial charge in [-0.2, -0.15) is 0 Å². The number of halogens is 1. The highest BCUT2D eigenvalue weighted by Gasteiger charge is 2.05. The number of aliphatic hydroxyl groups is 1. The van der Waals surface area contributed by atoms with Crippen molar-refractivity contribution in [2.24, 2.45) is 10.7 Å². The molecule has 2 rings (SSSR count). The lowest BCUT2D eigenvalue weighted by atomic mass is 10.1. The molecule has 0 aliphatic heterocycles. The number of hydrogen-bond donors (Lipinski definition) is 3. The molecule has 2 aromatic carbocycles. The fourth-order valence-corrected chi connectivity index (χ4v) is 2.99. The van der Waals surface area contributed by atoms with Crippen molar-refractivity contribution < 1.29 is 18.3 Å². The van der Waals surface area contributed by atoms with Gasteiger partial charge in [-0.3, -0.25) is 0 Å². The highest BCUT2D eigenvalue weighted by atomic mass is 32.2. The quantitative estimate of drug-likeness (QED) is 0.312. The Morgan fingerprint density at radius 3 is 2.29 bits per heavy atom. The van der Waals surface area contributed by atoms with Gasteiger partial charge in [-0.25, -0.2) is 13.6 Å². The number of hydrogen-bond acceptors (Lipinski definition) is 4. The Balaban J connectivity index is 2.22. The number of nitrogens with two attached hydrogens (primary N) is 1. The summed E-state index contributed by atoms with van der Waals surface area (Å²) in [6, 6.07) is 12.4. The number of benzene rings is 2. The van der Waals surface area contributed by atoms with Crippen molar-refractivity contribution in [3.05, 3.63) is 71.7 Å². The monoisotopic (exact) mass is 404 g/mol. The number of unbranched alkanes of at least 4 members (excludes halogenated alkanes) is 3. The summed E-state index contributed by atoms with van der Waals surface area (Å²) in [5.74, 6) is -0.335. The van der Waals surface area contributed by atoms with Crippen molar-refractivity contribution in [2.45, 2.75) is 37.0 Å². The molecule has 0 amide bonds. The van der Waals surface area contributed by atoms with Crippen molar-refractivity contribution in [3.63, 3.8) is 0 Å². The van der Waals surface area contributed by atoms with E-state index >= 15 is 0 Å². The zero-order chi connectivity index (χ0) is 20.4. The predicted molar refractivity (Wildman–Crippen MR) is 111 cm³/mol. The Morgan fingerprint density at radius 2 is 1.68 bits per heavy atom. The maximum absolute atomic E-state index is 13.3. The first-order chi connectivity index (χ1) is 13.5. The summed E-state index contributed by atoms with van der Waals surface area (Å²) in [6.45, 7) is 0.204. The SMILES string of the molecule is N/C(=C\C(=Nc1ccc(S(=O)O)cc1)c1ccc(F)cc1)CCCCCCO. The molecule has 0 bridgehead atoms. The molecule has 150 valence electrons. The summed E-state index contributed by atoms with van der Waals surface area (Å²) in [5, 5.41) is 8.82. The maximum Gasteiger partial charge on any atom is 0.186 e. The van der Waals surface area contributed by atoms with E-state index in [1.54, 1.807) is 30.3 Å². The van der Waals surface area contributed by atoms with Crippen LogP contribution in [0.5, 0.6) is 0 Å². The van der Waals surface area contributed by atoms with Crippen LogP contribution in [0.4, 0.5) is 10.1 Å². The van der Waals surface area contributed by atoms with Crippen LogP contribution in [-0.2, 0) is 11.1 Å². The van der Waals surface area contributed by atoms with Crippen LogP contribution in [0.2, 0.25) is 0 Å². The van der Waals surface area contributed by atoms with Crippen LogP contribution in [0.3, 0.4) is 0 Å². The summed E-state index contributed by atoms with van der Waals surface area (Å²) in [4.78, 5) is 4.87. The van der Waals surface area contributed by atoms with Crippen molar-refractivity contribution in [1.29, 1.82) is 0 Å². The van der Waals surface area contributed by atoms with Crippen LogP contribution in [0, 0.1) is 5.82 Å². The fraction of sp³-hybridized carbons (Fsp3) is 0.286. The molecule has 0 saturated carbocycles. The van der Waals surface area contributed by atoms with Gasteiger partial charge < -0.3 is 15.4 Å². The van der Waals surface area contributed by atoms with Gasteiger partial charge in [0.2, 0.25) is 0 Å². The molecule has 2 aromatic rings. The second kappa shape index (κ2) is 11.5. The van der Waals surface area contributed by atoms with Crippen LogP contribution in [0.1, 0.15) is 37.7 Å². The van der Waals surface area contributed by atoms with Gasteiger partial charge in [-0.05, 0) is 73.9 Å². The van der Waals surface area contributed by atoms with Crippen molar-refractivity contribution >= 4 is 22.5 Å². The van der Waals surface area contributed by atoms with Gasteiger partial charge in [0.25, 0.3) is 0 Å². The molecule has 7 heteroatoms. The molecule has 5 nitrogen and oxygen atoms in total. The smallest absolute Gasteiger partial charge is 0.186 e. The third kappa shape index (κ3) is 7.34. The third-order valence-electron chi connectivity index (χ3n) is 4.12. The number of aliphatic hydroxyl groups excluding tert-OH is 1. The largest absolute Gasteiger partial charge is 0.402 e. The van der Waals surface area contributed by atoms with Crippen LogP contribution in [0.15, 0.2) is 70.2 Å². The summed E-state index contributed by atoms with van der Waals surface area (Å²) >= 11 is -2.04. The molecule has 1 unspecified atom stereocenters.